The molecule has 17 heteroatoms. The second-order valence-corrected chi connectivity index (χ2v) is 15.0. The van der Waals surface area contributed by atoms with Gasteiger partial charge in [0, 0.05) is 17.7 Å². The number of ether oxygens (including phenoxy) is 2. The highest BCUT2D eigenvalue weighted by atomic mass is 35.5. The molecule has 1 aliphatic rings. The zero-order chi connectivity index (χ0) is 37.7. The van der Waals surface area contributed by atoms with Gasteiger partial charge < -0.3 is 20.1 Å². The van der Waals surface area contributed by atoms with Gasteiger partial charge in [-0.2, -0.15) is 4.90 Å². The number of benzene rings is 3. The molecule has 4 amide bonds. The van der Waals surface area contributed by atoms with Gasteiger partial charge in [-0.3, -0.25) is 9.59 Å². The number of amides is 4. The fraction of sp³-hybridized carbons (Fsp3) is 0.333. The van der Waals surface area contributed by atoms with Crippen molar-refractivity contribution < 1.29 is 50.6 Å². The molecule has 268 valence electrons. The van der Waals surface area contributed by atoms with Crippen LogP contribution in [0.2, 0.25) is 5.02 Å². The topological polar surface area (TPSA) is 114 Å². The summed E-state index contributed by atoms with van der Waals surface area (Å²) in [5.41, 5.74) is -5.79. The molecule has 9 nitrogen and oxygen atoms in total. The van der Waals surface area contributed by atoms with Crippen LogP contribution in [0.1, 0.15) is 63.4 Å². The molecule has 1 saturated carbocycles. The van der Waals surface area contributed by atoms with E-state index in [-0.39, 0.29) is 9.92 Å². The van der Waals surface area contributed by atoms with Crippen molar-refractivity contribution in [3.63, 3.8) is 0 Å². The lowest BCUT2D eigenvalue weighted by Gasteiger charge is -2.29. The number of anilines is 3. The first-order chi connectivity index (χ1) is 22.9. The van der Waals surface area contributed by atoms with Gasteiger partial charge >= 0.3 is 12.2 Å². The van der Waals surface area contributed by atoms with Crippen molar-refractivity contribution in [3.05, 3.63) is 87.7 Å². The van der Waals surface area contributed by atoms with Crippen LogP contribution < -0.4 is 15.5 Å². The summed E-state index contributed by atoms with van der Waals surface area (Å²) < 4.78 is 82.8. The smallest absolute Gasteiger partial charge is 0.424 e. The van der Waals surface area contributed by atoms with Crippen molar-refractivity contribution in [2.75, 3.05) is 15.5 Å². The Bertz CT molecular complexity index is 1870. The molecule has 0 spiro atoms. The zero-order valence-corrected chi connectivity index (χ0v) is 29.4. The molecule has 0 radical (unpaired) electrons. The summed E-state index contributed by atoms with van der Waals surface area (Å²) in [6.45, 7) is 8.57. The number of hydrogen-bond acceptors (Lipinski definition) is 6. The van der Waals surface area contributed by atoms with E-state index in [2.05, 4.69) is 5.32 Å². The fourth-order valence-electron chi connectivity index (χ4n) is 4.72. The van der Waals surface area contributed by atoms with Crippen LogP contribution in [0.4, 0.5) is 48.6 Å². The van der Waals surface area contributed by atoms with Crippen molar-refractivity contribution in [2.24, 2.45) is 5.92 Å². The van der Waals surface area contributed by atoms with Crippen LogP contribution in [0.25, 0.3) is 0 Å². The lowest BCUT2D eigenvalue weighted by atomic mass is 10.1. The third kappa shape index (κ3) is 8.41. The highest BCUT2D eigenvalue weighted by Gasteiger charge is 2.67. The third-order valence-electron chi connectivity index (χ3n) is 6.87. The number of carbonyl (C=O) groups excluding carboxylic acids is 4. The minimum absolute atomic E-state index is 0.0496. The first kappa shape index (κ1) is 38.7. The standard InChI is InChI=1S/C33H29Cl3F5N3O6/c1-31(2,3)49-29(47)44(30(48)50-32(4,5)6)26-19(38)9-10-21(25(26)41)43-27(45)16-12-15(13-20(39)24(16)40)42-28(46)23-22(33(23,35)36)14-7-8-18(37)17(34)11-14/h7-13,22-23H,1-6H3,(H,42,46)(H,43,45)/t22-,23+/m0/s1. The van der Waals surface area contributed by atoms with E-state index < -0.39 is 103 Å². The van der Waals surface area contributed by atoms with Crippen LogP contribution in [0.5, 0.6) is 0 Å². The van der Waals surface area contributed by atoms with Gasteiger partial charge in [0.05, 0.1) is 22.2 Å². The van der Waals surface area contributed by atoms with Crippen LogP contribution in [-0.2, 0) is 14.3 Å². The molecule has 0 aromatic heterocycles. The normalized spacial score (nSPS) is 16.7. The van der Waals surface area contributed by atoms with Gasteiger partial charge in [-0.25, -0.2) is 31.5 Å². The van der Waals surface area contributed by atoms with Crippen LogP contribution in [0.15, 0.2) is 42.5 Å². The molecule has 4 rings (SSSR count). The van der Waals surface area contributed by atoms with Gasteiger partial charge in [0.15, 0.2) is 23.3 Å². The lowest BCUT2D eigenvalue weighted by Crippen LogP contribution is -2.44. The number of nitrogens with one attached hydrogen (secondary N) is 2. The van der Waals surface area contributed by atoms with Crippen LogP contribution in [0, 0.1) is 35.0 Å². The first-order valence-electron chi connectivity index (χ1n) is 14.6. The predicted molar refractivity (Wildman–Crippen MR) is 176 cm³/mol. The zero-order valence-electron chi connectivity index (χ0n) is 27.1. The molecule has 0 aliphatic heterocycles. The van der Waals surface area contributed by atoms with Gasteiger partial charge in [-0.15, -0.1) is 23.2 Å². The molecule has 50 heavy (non-hydrogen) atoms. The van der Waals surface area contributed by atoms with E-state index >= 15 is 8.78 Å². The van der Waals surface area contributed by atoms with E-state index in [0.29, 0.717) is 23.8 Å². The number of imide groups is 1. The summed E-state index contributed by atoms with van der Waals surface area (Å²) in [7, 11) is 0. The van der Waals surface area contributed by atoms with Crippen molar-refractivity contribution in [3.8, 4) is 0 Å². The van der Waals surface area contributed by atoms with Gasteiger partial charge in [0.1, 0.15) is 27.0 Å². The van der Waals surface area contributed by atoms with Gasteiger partial charge in [0.2, 0.25) is 5.91 Å². The molecule has 3 aromatic rings. The number of alkyl halides is 2. The monoisotopic (exact) mass is 763 g/mol. The van der Waals surface area contributed by atoms with Crippen LogP contribution in [0.3, 0.4) is 0 Å². The number of halogens is 8. The summed E-state index contributed by atoms with van der Waals surface area (Å²) in [5.74, 6) is -11.6. The van der Waals surface area contributed by atoms with Crippen LogP contribution >= 0.6 is 34.8 Å². The first-order valence-corrected chi connectivity index (χ1v) is 15.7. The molecular formula is C33H29Cl3F5N3O6. The Balaban J connectivity index is 1.63. The predicted octanol–water partition coefficient (Wildman–Crippen LogP) is 9.49. The van der Waals surface area contributed by atoms with Gasteiger partial charge in [-0.05, 0) is 77.4 Å². The Labute approximate surface area is 297 Å². The molecule has 1 fully saturated rings. The molecular weight excluding hydrogens is 736 g/mol. The number of carbonyl (C=O) groups is 4. The highest BCUT2D eigenvalue weighted by molar-refractivity contribution is 6.53. The minimum Gasteiger partial charge on any atom is -0.443 e. The lowest BCUT2D eigenvalue weighted by molar-refractivity contribution is -0.117. The van der Waals surface area contributed by atoms with E-state index in [1.54, 1.807) is 0 Å². The molecule has 2 N–H and O–H groups in total. The second-order valence-electron chi connectivity index (χ2n) is 13.1. The second kappa shape index (κ2) is 13.9. The van der Waals surface area contributed by atoms with Crippen molar-refractivity contribution >= 4 is 75.9 Å². The number of hydrogen-bond donors (Lipinski definition) is 2. The Hall–Kier alpha value is -4.14. The molecule has 3 aromatic carbocycles. The fourth-order valence-corrected chi connectivity index (χ4v) is 5.74. The molecule has 0 heterocycles. The molecule has 0 unspecified atom stereocenters. The Morgan fingerprint density at radius 3 is 1.86 bits per heavy atom. The van der Waals surface area contributed by atoms with E-state index in [1.807, 2.05) is 5.32 Å². The average molecular weight is 765 g/mol. The van der Waals surface area contributed by atoms with Crippen LogP contribution in [-0.4, -0.2) is 39.5 Å². The molecule has 0 saturated heterocycles. The minimum atomic E-state index is -1.71. The van der Waals surface area contributed by atoms with Crippen molar-refractivity contribution in [2.45, 2.75) is 63.0 Å². The molecule has 2 atom stereocenters. The average Bonchev–Trinajstić information content (AvgIpc) is 3.55. The van der Waals surface area contributed by atoms with E-state index in [9.17, 15) is 32.3 Å². The Kier molecular flexibility index (Phi) is 10.7. The maximum Gasteiger partial charge on any atom is 0.424 e. The number of nitrogens with zero attached hydrogens (tertiary/aromatic N) is 1. The van der Waals surface area contributed by atoms with E-state index in [4.69, 9.17) is 44.3 Å². The summed E-state index contributed by atoms with van der Waals surface area (Å²) in [5, 5.41) is 3.98. The van der Waals surface area contributed by atoms with Crippen molar-refractivity contribution in [1.29, 1.82) is 0 Å². The summed E-state index contributed by atoms with van der Waals surface area (Å²) in [6, 6.07) is 6.16. The van der Waals surface area contributed by atoms with Gasteiger partial charge in [-0.1, -0.05) is 17.7 Å². The highest BCUT2D eigenvalue weighted by Crippen LogP contribution is 2.65. The van der Waals surface area contributed by atoms with E-state index in [1.165, 1.54) is 53.7 Å². The van der Waals surface area contributed by atoms with Crippen molar-refractivity contribution in [1.82, 2.24) is 0 Å². The maximum absolute atomic E-state index is 15.9. The Morgan fingerprint density at radius 1 is 0.760 bits per heavy atom. The summed E-state index contributed by atoms with van der Waals surface area (Å²) in [4.78, 5) is 52.2. The maximum atomic E-state index is 15.9. The quantitative estimate of drug-likeness (QED) is 0.191. The number of rotatable bonds is 6. The largest absolute Gasteiger partial charge is 0.443 e. The summed E-state index contributed by atoms with van der Waals surface area (Å²) in [6.07, 6.45) is -3.05. The summed E-state index contributed by atoms with van der Waals surface area (Å²) >= 11 is 18.4. The third-order valence-corrected chi connectivity index (χ3v) is 8.10. The van der Waals surface area contributed by atoms with E-state index in [0.717, 1.165) is 12.1 Å². The SMILES string of the molecule is CC(C)(C)OC(=O)N(C(=O)OC(C)(C)C)c1c(F)ccc(NC(=O)c2cc(NC(=O)[C@H]3[C@H](c4ccc(F)c(Cl)c4)C3(Cl)Cl)cc(F)c2F)c1F. The molecule has 0 bridgehead atoms. The molecule has 1 aliphatic carbocycles. The van der Waals surface area contributed by atoms with Gasteiger partial charge in [0.25, 0.3) is 5.91 Å². The Morgan fingerprint density at radius 2 is 1.32 bits per heavy atom.